The fourth-order valence-corrected chi connectivity index (χ4v) is 2.74. The predicted molar refractivity (Wildman–Crippen MR) is 107 cm³/mol. The molecule has 9 nitrogen and oxygen atoms in total. The largest absolute Gasteiger partial charge is 0.495 e. The SMILES string of the molecule is COc1ccc(C)cc1NC(=O)C(C)OC(=O)CNC(=O)c1ccc2c(c1)OCO2. The highest BCUT2D eigenvalue weighted by Crippen LogP contribution is 2.32. The van der Waals surface area contributed by atoms with Gasteiger partial charge in [-0.05, 0) is 49.7 Å². The van der Waals surface area contributed by atoms with Crippen molar-refractivity contribution in [3.8, 4) is 17.2 Å². The molecule has 2 N–H and O–H groups in total. The highest BCUT2D eigenvalue weighted by molar-refractivity contribution is 5.98. The first kappa shape index (κ1) is 21.0. The Balaban J connectivity index is 1.50. The number of ether oxygens (including phenoxy) is 4. The van der Waals surface area contributed by atoms with Crippen molar-refractivity contribution in [3.63, 3.8) is 0 Å². The summed E-state index contributed by atoms with van der Waals surface area (Å²) in [6, 6.07) is 10.0. The number of carbonyl (C=O) groups is 3. The van der Waals surface area contributed by atoms with Crippen molar-refractivity contribution in [3.05, 3.63) is 47.5 Å². The van der Waals surface area contributed by atoms with Gasteiger partial charge in [-0.3, -0.25) is 14.4 Å². The number of esters is 1. The molecular formula is C21H22N2O7. The Morgan fingerprint density at radius 2 is 1.87 bits per heavy atom. The molecule has 0 saturated carbocycles. The van der Waals surface area contributed by atoms with Crippen molar-refractivity contribution < 1.29 is 33.3 Å². The number of amides is 2. The van der Waals surface area contributed by atoms with Gasteiger partial charge in [0.05, 0.1) is 12.8 Å². The summed E-state index contributed by atoms with van der Waals surface area (Å²) in [7, 11) is 1.49. The van der Waals surface area contributed by atoms with E-state index in [4.69, 9.17) is 18.9 Å². The lowest BCUT2D eigenvalue weighted by Crippen LogP contribution is -2.35. The molecule has 0 spiro atoms. The van der Waals surface area contributed by atoms with Crippen LogP contribution in [-0.4, -0.2) is 44.3 Å². The Morgan fingerprint density at radius 3 is 2.63 bits per heavy atom. The zero-order valence-electron chi connectivity index (χ0n) is 16.8. The lowest BCUT2D eigenvalue weighted by Gasteiger charge is -2.16. The highest BCUT2D eigenvalue weighted by atomic mass is 16.7. The Hall–Kier alpha value is -3.75. The second-order valence-electron chi connectivity index (χ2n) is 6.58. The van der Waals surface area contributed by atoms with Gasteiger partial charge < -0.3 is 29.6 Å². The van der Waals surface area contributed by atoms with Crippen LogP contribution in [0.15, 0.2) is 36.4 Å². The third-order valence-corrected chi connectivity index (χ3v) is 4.32. The number of anilines is 1. The van der Waals surface area contributed by atoms with Crippen LogP contribution in [0.4, 0.5) is 5.69 Å². The van der Waals surface area contributed by atoms with E-state index >= 15 is 0 Å². The molecule has 2 aromatic rings. The van der Waals surface area contributed by atoms with Gasteiger partial charge in [0.15, 0.2) is 17.6 Å². The average molecular weight is 414 g/mol. The number of benzene rings is 2. The summed E-state index contributed by atoms with van der Waals surface area (Å²) in [6.07, 6.45) is -1.06. The first-order chi connectivity index (χ1) is 14.4. The molecule has 1 aliphatic rings. The minimum Gasteiger partial charge on any atom is -0.495 e. The molecule has 0 aliphatic carbocycles. The van der Waals surface area contributed by atoms with Crippen molar-refractivity contribution in [1.82, 2.24) is 5.32 Å². The standard InChI is InChI=1S/C21H22N2O7/c1-12-4-6-16(27-3)15(8-12)23-20(25)13(2)30-19(24)10-22-21(26)14-5-7-17-18(9-14)29-11-28-17/h4-9,13H,10-11H2,1-3H3,(H,22,26)(H,23,25). The fourth-order valence-electron chi connectivity index (χ4n) is 2.74. The van der Waals surface area contributed by atoms with E-state index < -0.39 is 30.4 Å². The molecule has 1 heterocycles. The van der Waals surface area contributed by atoms with E-state index in [9.17, 15) is 14.4 Å². The fraction of sp³-hybridized carbons (Fsp3) is 0.286. The lowest BCUT2D eigenvalue weighted by molar-refractivity contribution is -0.152. The molecule has 2 amide bonds. The van der Waals surface area contributed by atoms with Gasteiger partial charge in [-0.1, -0.05) is 6.07 Å². The number of hydrogen-bond acceptors (Lipinski definition) is 7. The van der Waals surface area contributed by atoms with E-state index in [0.29, 0.717) is 28.5 Å². The number of nitrogens with one attached hydrogen (secondary N) is 2. The maximum absolute atomic E-state index is 12.3. The normalized spacial score (nSPS) is 12.6. The maximum atomic E-state index is 12.3. The third-order valence-electron chi connectivity index (χ3n) is 4.32. The van der Waals surface area contributed by atoms with Crippen LogP contribution in [0.5, 0.6) is 17.2 Å². The molecule has 3 rings (SSSR count). The quantitative estimate of drug-likeness (QED) is 0.667. The molecule has 1 atom stereocenters. The molecular weight excluding hydrogens is 392 g/mol. The van der Waals surface area contributed by atoms with Gasteiger partial charge in [0.25, 0.3) is 11.8 Å². The molecule has 1 unspecified atom stereocenters. The Bertz CT molecular complexity index is 974. The van der Waals surface area contributed by atoms with Crippen LogP contribution in [0.1, 0.15) is 22.8 Å². The molecule has 0 radical (unpaired) electrons. The van der Waals surface area contributed by atoms with Crippen LogP contribution in [-0.2, 0) is 14.3 Å². The molecule has 30 heavy (non-hydrogen) atoms. The molecule has 2 aromatic carbocycles. The van der Waals surface area contributed by atoms with Gasteiger partial charge in [0, 0.05) is 5.56 Å². The van der Waals surface area contributed by atoms with Crippen LogP contribution in [0.2, 0.25) is 0 Å². The summed E-state index contributed by atoms with van der Waals surface area (Å²) in [5.74, 6) is -0.245. The smallest absolute Gasteiger partial charge is 0.326 e. The van der Waals surface area contributed by atoms with Gasteiger partial charge in [0.1, 0.15) is 12.3 Å². The number of aryl methyl sites for hydroxylation is 1. The van der Waals surface area contributed by atoms with Crippen molar-refractivity contribution >= 4 is 23.5 Å². The molecule has 0 fully saturated rings. The minimum absolute atomic E-state index is 0.0983. The number of methoxy groups -OCH3 is 1. The van der Waals surface area contributed by atoms with Crippen molar-refractivity contribution in [2.45, 2.75) is 20.0 Å². The summed E-state index contributed by atoms with van der Waals surface area (Å²) in [5, 5.41) is 5.12. The van der Waals surface area contributed by atoms with Crippen molar-refractivity contribution in [2.24, 2.45) is 0 Å². The average Bonchev–Trinajstić information content (AvgIpc) is 3.20. The molecule has 0 bridgehead atoms. The zero-order valence-corrected chi connectivity index (χ0v) is 16.8. The van der Waals surface area contributed by atoms with Crippen molar-refractivity contribution in [1.29, 1.82) is 0 Å². The van der Waals surface area contributed by atoms with E-state index in [2.05, 4.69) is 10.6 Å². The van der Waals surface area contributed by atoms with Crippen LogP contribution >= 0.6 is 0 Å². The van der Waals surface area contributed by atoms with Crippen LogP contribution < -0.4 is 24.8 Å². The Labute approximate surface area is 173 Å². The first-order valence-electron chi connectivity index (χ1n) is 9.20. The third kappa shape index (κ3) is 4.99. The first-order valence-corrected chi connectivity index (χ1v) is 9.20. The van der Waals surface area contributed by atoms with E-state index in [1.54, 1.807) is 24.3 Å². The van der Waals surface area contributed by atoms with Gasteiger partial charge in [-0.2, -0.15) is 0 Å². The summed E-state index contributed by atoms with van der Waals surface area (Å²) in [6.45, 7) is 3.02. The summed E-state index contributed by atoms with van der Waals surface area (Å²) < 4.78 is 20.7. The van der Waals surface area contributed by atoms with E-state index in [0.717, 1.165) is 5.56 Å². The summed E-state index contributed by atoms with van der Waals surface area (Å²) in [4.78, 5) is 36.6. The van der Waals surface area contributed by atoms with Crippen LogP contribution in [0, 0.1) is 6.92 Å². The second-order valence-corrected chi connectivity index (χ2v) is 6.58. The molecule has 0 aromatic heterocycles. The minimum atomic E-state index is -1.06. The van der Waals surface area contributed by atoms with Gasteiger partial charge in [0.2, 0.25) is 6.79 Å². The monoisotopic (exact) mass is 414 g/mol. The number of hydrogen-bond donors (Lipinski definition) is 2. The predicted octanol–water partition coefficient (Wildman–Crippen LogP) is 2.03. The molecule has 1 aliphatic heterocycles. The van der Waals surface area contributed by atoms with Crippen LogP contribution in [0.3, 0.4) is 0 Å². The maximum Gasteiger partial charge on any atom is 0.326 e. The second kappa shape index (κ2) is 9.17. The molecule has 9 heteroatoms. The zero-order chi connectivity index (χ0) is 21.7. The lowest BCUT2D eigenvalue weighted by atomic mass is 10.2. The Morgan fingerprint density at radius 1 is 1.10 bits per heavy atom. The molecule has 0 saturated heterocycles. The van der Waals surface area contributed by atoms with Crippen molar-refractivity contribution in [2.75, 3.05) is 25.8 Å². The van der Waals surface area contributed by atoms with E-state index in [-0.39, 0.29) is 6.79 Å². The number of fused-ring (bicyclic) bond motifs is 1. The highest BCUT2D eigenvalue weighted by Gasteiger charge is 2.21. The van der Waals surface area contributed by atoms with Gasteiger partial charge in [-0.15, -0.1) is 0 Å². The summed E-state index contributed by atoms with van der Waals surface area (Å²) in [5.41, 5.74) is 1.72. The number of rotatable bonds is 7. The topological polar surface area (TPSA) is 112 Å². The molecule has 158 valence electrons. The van der Waals surface area contributed by atoms with E-state index in [1.807, 2.05) is 13.0 Å². The number of carbonyl (C=O) groups excluding carboxylic acids is 3. The summed E-state index contributed by atoms with van der Waals surface area (Å²) >= 11 is 0. The van der Waals surface area contributed by atoms with Crippen LogP contribution in [0.25, 0.3) is 0 Å². The Kier molecular flexibility index (Phi) is 6.41. The van der Waals surface area contributed by atoms with Gasteiger partial charge in [-0.25, -0.2) is 0 Å². The van der Waals surface area contributed by atoms with E-state index in [1.165, 1.54) is 20.1 Å². The van der Waals surface area contributed by atoms with Gasteiger partial charge >= 0.3 is 5.97 Å².